The average molecular weight is 279 g/mol. The van der Waals surface area contributed by atoms with Crippen LogP contribution in [-0.2, 0) is 4.79 Å². The first-order valence-corrected chi connectivity index (χ1v) is 6.85. The van der Waals surface area contributed by atoms with Gasteiger partial charge in [0, 0.05) is 6.20 Å². The van der Waals surface area contributed by atoms with Crippen LogP contribution < -0.4 is 10.00 Å². The summed E-state index contributed by atoms with van der Waals surface area (Å²) >= 11 is 1.37. The lowest BCUT2D eigenvalue weighted by atomic mass is 10.4. The quantitative estimate of drug-likeness (QED) is 0.666. The molecule has 0 saturated carbocycles. The highest BCUT2D eigenvalue weighted by Gasteiger charge is 2.16. The molecule has 100 valence electrons. The standard InChI is InChI=1S/C12H14N4O2S/c1-9(2)16-7-11(18-15-16)14-10(17)8-19-12-5-3-4-6-13-12/h3-7,9H,8H2,1-2H3/p+1. The summed E-state index contributed by atoms with van der Waals surface area (Å²) in [5.74, 6) is 0.474. The van der Waals surface area contributed by atoms with Crippen LogP contribution in [0.5, 0.6) is 0 Å². The molecule has 0 fully saturated rings. The Kier molecular flexibility index (Phi) is 4.51. The SMILES string of the molecule is CC(C)[n+]1cc(NC(=O)CSc2ccccn2)on1. The number of thioether (sulfide) groups is 1. The van der Waals surface area contributed by atoms with Gasteiger partial charge in [0.2, 0.25) is 11.2 Å². The highest BCUT2D eigenvalue weighted by atomic mass is 32.2. The first-order valence-electron chi connectivity index (χ1n) is 5.87. The molecule has 2 aromatic rings. The largest absolute Gasteiger partial charge is 0.302 e. The summed E-state index contributed by atoms with van der Waals surface area (Å²) in [6, 6.07) is 5.77. The zero-order chi connectivity index (χ0) is 13.7. The molecule has 1 N–H and O–H groups in total. The van der Waals surface area contributed by atoms with Crippen molar-refractivity contribution in [2.45, 2.75) is 24.9 Å². The minimum atomic E-state index is -0.150. The van der Waals surface area contributed by atoms with E-state index >= 15 is 0 Å². The molecule has 2 heterocycles. The van der Waals surface area contributed by atoms with Crippen LogP contribution in [0.1, 0.15) is 19.9 Å². The smallest absolute Gasteiger partial charge is 0.288 e. The second-order valence-electron chi connectivity index (χ2n) is 4.14. The molecular weight excluding hydrogens is 264 g/mol. The normalized spacial score (nSPS) is 10.7. The van der Waals surface area contributed by atoms with E-state index in [0.29, 0.717) is 5.88 Å². The maximum Gasteiger partial charge on any atom is 0.302 e. The molecule has 2 rings (SSSR count). The summed E-state index contributed by atoms with van der Waals surface area (Å²) in [6.45, 7) is 3.95. The van der Waals surface area contributed by atoms with E-state index in [9.17, 15) is 4.79 Å². The molecule has 0 atom stereocenters. The third-order valence-corrected chi connectivity index (χ3v) is 3.21. The van der Waals surface area contributed by atoms with E-state index in [1.165, 1.54) is 11.8 Å². The molecule has 19 heavy (non-hydrogen) atoms. The fourth-order valence-corrected chi connectivity index (χ4v) is 1.96. The van der Waals surface area contributed by atoms with Crippen LogP contribution in [0.2, 0.25) is 0 Å². The summed E-state index contributed by atoms with van der Waals surface area (Å²) in [6.07, 6.45) is 3.36. The second-order valence-corrected chi connectivity index (χ2v) is 5.14. The Morgan fingerprint density at radius 3 is 3.00 bits per heavy atom. The number of anilines is 1. The number of pyridine rings is 1. The third kappa shape index (κ3) is 4.06. The van der Waals surface area contributed by atoms with Gasteiger partial charge in [-0.15, -0.1) is 0 Å². The highest BCUT2D eigenvalue weighted by molar-refractivity contribution is 7.99. The number of rotatable bonds is 5. The number of aromatic nitrogens is 3. The lowest BCUT2D eigenvalue weighted by Gasteiger charge is -1.99. The Bertz CT molecular complexity index is 542. The van der Waals surface area contributed by atoms with E-state index in [1.54, 1.807) is 17.1 Å². The minimum absolute atomic E-state index is 0.150. The monoisotopic (exact) mass is 279 g/mol. The topological polar surface area (TPSA) is 71.9 Å². The van der Waals surface area contributed by atoms with E-state index in [0.717, 1.165) is 5.03 Å². The van der Waals surface area contributed by atoms with Gasteiger partial charge in [-0.3, -0.25) is 14.6 Å². The van der Waals surface area contributed by atoms with Gasteiger partial charge in [-0.1, -0.05) is 17.8 Å². The van der Waals surface area contributed by atoms with Crippen LogP contribution in [0.25, 0.3) is 0 Å². The van der Waals surface area contributed by atoms with Crippen LogP contribution in [0.15, 0.2) is 40.1 Å². The summed E-state index contributed by atoms with van der Waals surface area (Å²) in [5.41, 5.74) is 0. The van der Waals surface area contributed by atoms with Crippen LogP contribution >= 0.6 is 11.8 Å². The van der Waals surface area contributed by atoms with Crippen molar-refractivity contribution in [1.29, 1.82) is 0 Å². The zero-order valence-electron chi connectivity index (χ0n) is 10.7. The lowest BCUT2D eigenvalue weighted by Crippen LogP contribution is -2.36. The van der Waals surface area contributed by atoms with Crippen molar-refractivity contribution in [2.75, 3.05) is 11.1 Å². The first-order chi connectivity index (χ1) is 9.15. The third-order valence-electron chi connectivity index (χ3n) is 2.26. The van der Waals surface area contributed by atoms with E-state index < -0.39 is 0 Å². The van der Waals surface area contributed by atoms with Crippen LogP contribution in [0.4, 0.5) is 5.88 Å². The van der Waals surface area contributed by atoms with Gasteiger partial charge >= 0.3 is 5.88 Å². The number of hydrogen-bond donors (Lipinski definition) is 1. The molecule has 1 amide bonds. The molecule has 2 aromatic heterocycles. The van der Waals surface area contributed by atoms with Crippen molar-refractivity contribution in [3.8, 4) is 0 Å². The van der Waals surface area contributed by atoms with Crippen molar-refractivity contribution in [1.82, 2.24) is 10.3 Å². The number of nitrogens with zero attached hydrogens (tertiary/aromatic N) is 3. The molecule has 0 aliphatic rings. The van der Waals surface area contributed by atoms with Gasteiger partial charge in [0.05, 0.1) is 10.8 Å². The molecule has 6 nitrogen and oxygen atoms in total. The highest BCUT2D eigenvalue weighted by Crippen LogP contribution is 2.14. The van der Waals surface area contributed by atoms with E-state index in [2.05, 4.69) is 15.6 Å². The zero-order valence-corrected chi connectivity index (χ0v) is 11.6. The number of carbonyl (C=O) groups excluding carboxylic acids is 1. The van der Waals surface area contributed by atoms with E-state index in [4.69, 9.17) is 4.52 Å². The first kappa shape index (κ1) is 13.5. The van der Waals surface area contributed by atoms with Crippen molar-refractivity contribution in [3.63, 3.8) is 0 Å². The summed E-state index contributed by atoms with van der Waals surface area (Å²) in [4.78, 5) is 15.8. The predicted octanol–water partition coefficient (Wildman–Crippen LogP) is 1.67. The Labute approximate surface area is 115 Å². The molecule has 0 bridgehead atoms. The van der Waals surface area contributed by atoms with Crippen LogP contribution in [-0.4, -0.2) is 21.9 Å². The van der Waals surface area contributed by atoms with Crippen molar-refractivity contribution < 1.29 is 14.0 Å². The Hall–Kier alpha value is -1.89. The summed E-state index contributed by atoms with van der Waals surface area (Å²) < 4.78 is 6.65. The summed E-state index contributed by atoms with van der Waals surface area (Å²) in [5, 5.41) is 7.26. The van der Waals surface area contributed by atoms with Gasteiger partial charge in [0.25, 0.3) is 6.20 Å². The number of nitrogens with one attached hydrogen (secondary N) is 1. The fraction of sp³-hybridized carbons (Fsp3) is 0.333. The minimum Gasteiger partial charge on any atom is -0.288 e. The van der Waals surface area contributed by atoms with Crippen LogP contribution in [0, 0.1) is 0 Å². The molecule has 0 unspecified atom stereocenters. The number of carbonyl (C=O) groups is 1. The van der Waals surface area contributed by atoms with Crippen LogP contribution in [0.3, 0.4) is 0 Å². The maximum absolute atomic E-state index is 11.7. The Morgan fingerprint density at radius 2 is 2.37 bits per heavy atom. The van der Waals surface area contributed by atoms with Gasteiger partial charge in [-0.25, -0.2) is 4.98 Å². The Balaban J connectivity index is 1.84. The van der Waals surface area contributed by atoms with Crippen molar-refractivity contribution in [3.05, 3.63) is 30.6 Å². The van der Waals surface area contributed by atoms with Gasteiger partial charge in [0.15, 0.2) is 6.04 Å². The van der Waals surface area contributed by atoms with E-state index in [-0.39, 0.29) is 17.7 Å². The molecule has 0 aliphatic heterocycles. The number of amides is 1. The second kappa shape index (κ2) is 6.33. The lowest BCUT2D eigenvalue weighted by molar-refractivity contribution is -0.779. The molecule has 0 aliphatic carbocycles. The van der Waals surface area contributed by atoms with Gasteiger partial charge in [0.1, 0.15) is 0 Å². The molecule has 0 aromatic carbocycles. The molecular formula is C12H15N4O2S+. The van der Waals surface area contributed by atoms with Crippen molar-refractivity contribution >= 4 is 23.6 Å². The summed E-state index contributed by atoms with van der Waals surface area (Å²) in [7, 11) is 0. The maximum atomic E-state index is 11.7. The molecule has 0 radical (unpaired) electrons. The number of hydrogen-bond acceptors (Lipinski definition) is 5. The molecule has 0 saturated heterocycles. The van der Waals surface area contributed by atoms with E-state index in [1.807, 2.05) is 32.0 Å². The predicted molar refractivity (Wildman–Crippen MR) is 70.7 cm³/mol. The van der Waals surface area contributed by atoms with Crippen molar-refractivity contribution in [2.24, 2.45) is 0 Å². The molecule has 7 heteroatoms. The van der Waals surface area contributed by atoms with Gasteiger partial charge in [-0.2, -0.15) is 0 Å². The fourth-order valence-electron chi connectivity index (χ4n) is 1.30. The Morgan fingerprint density at radius 1 is 1.53 bits per heavy atom. The van der Waals surface area contributed by atoms with Gasteiger partial charge in [-0.05, 0) is 30.7 Å². The molecule has 0 spiro atoms. The average Bonchev–Trinajstić information content (AvgIpc) is 2.86. The van der Waals surface area contributed by atoms with Gasteiger partial charge < -0.3 is 0 Å².